The fourth-order valence-corrected chi connectivity index (χ4v) is 4.18. The van der Waals surface area contributed by atoms with Crippen molar-refractivity contribution in [1.29, 1.82) is 0 Å². The SMILES string of the molecule is CCCOc1c(C)cc(-c2ccc3c(c2)CC(C)(C)[C@H]3NC(=O)O)cc1C. The van der Waals surface area contributed by atoms with Crippen molar-refractivity contribution in [1.82, 2.24) is 5.32 Å². The Kier molecular flexibility index (Phi) is 5.18. The van der Waals surface area contributed by atoms with Crippen LogP contribution < -0.4 is 10.1 Å². The van der Waals surface area contributed by atoms with E-state index in [-0.39, 0.29) is 11.5 Å². The van der Waals surface area contributed by atoms with Gasteiger partial charge < -0.3 is 15.2 Å². The van der Waals surface area contributed by atoms with Gasteiger partial charge in [0.25, 0.3) is 0 Å². The number of carboxylic acid groups (broad SMARTS) is 1. The summed E-state index contributed by atoms with van der Waals surface area (Å²) in [4.78, 5) is 11.2. The first-order chi connectivity index (χ1) is 12.7. The topological polar surface area (TPSA) is 58.6 Å². The highest BCUT2D eigenvalue weighted by Gasteiger charge is 2.40. The van der Waals surface area contributed by atoms with E-state index in [1.54, 1.807) is 0 Å². The molecule has 0 radical (unpaired) electrons. The van der Waals surface area contributed by atoms with Crippen LogP contribution in [0.4, 0.5) is 4.79 Å². The first kappa shape index (κ1) is 19.3. The number of hydrogen-bond acceptors (Lipinski definition) is 2. The molecule has 3 rings (SSSR count). The van der Waals surface area contributed by atoms with Gasteiger partial charge in [-0.2, -0.15) is 0 Å². The Bertz CT molecular complexity index is 847. The van der Waals surface area contributed by atoms with E-state index in [0.29, 0.717) is 0 Å². The zero-order chi connectivity index (χ0) is 19.8. The molecule has 0 spiro atoms. The Balaban J connectivity index is 1.96. The second-order valence-electron chi connectivity index (χ2n) is 8.25. The molecule has 2 aromatic carbocycles. The van der Waals surface area contributed by atoms with Crippen LogP contribution in [0.15, 0.2) is 30.3 Å². The molecule has 27 heavy (non-hydrogen) atoms. The summed E-state index contributed by atoms with van der Waals surface area (Å²) in [6.07, 6.45) is 0.878. The molecule has 0 saturated carbocycles. The van der Waals surface area contributed by atoms with E-state index >= 15 is 0 Å². The maximum Gasteiger partial charge on any atom is 0.405 e. The molecule has 144 valence electrons. The van der Waals surface area contributed by atoms with Gasteiger partial charge in [0.2, 0.25) is 0 Å². The number of ether oxygens (including phenoxy) is 1. The van der Waals surface area contributed by atoms with E-state index in [1.807, 2.05) is 0 Å². The molecule has 1 atom stereocenters. The van der Waals surface area contributed by atoms with Crippen molar-refractivity contribution in [2.24, 2.45) is 5.41 Å². The smallest absolute Gasteiger partial charge is 0.405 e. The maximum atomic E-state index is 11.2. The lowest BCUT2D eigenvalue weighted by atomic mass is 9.85. The second-order valence-corrected chi connectivity index (χ2v) is 8.25. The predicted octanol–water partition coefficient (Wildman–Crippen LogP) is 5.65. The number of carbonyl (C=O) groups is 1. The van der Waals surface area contributed by atoms with Crippen LogP contribution in [-0.2, 0) is 6.42 Å². The van der Waals surface area contributed by atoms with Crippen molar-refractivity contribution in [3.05, 3.63) is 52.6 Å². The van der Waals surface area contributed by atoms with Crippen molar-refractivity contribution >= 4 is 6.09 Å². The molecular formula is C23H29NO3. The summed E-state index contributed by atoms with van der Waals surface area (Å²) in [7, 11) is 0. The van der Waals surface area contributed by atoms with Crippen LogP contribution in [0.1, 0.15) is 55.5 Å². The zero-order valence-electron chi connectivity index (χ0n) is 16.8. The Morgan fingerprint density at radius 2 is 1.85 bits per heavy atom. The fraction of sp³-hybridized carbons (Fsp3) is 0.435. The van der Waals surface area contributed by atoms with Crippen molar-refractivity contribution in [3.63, 3.8) is 0 Å². The molecule has 0 bridgehead atoms. The molecule has 4 nitrogen and oxygen atoms in total. The molecule has 0 heterocycles. The van der Waals surface area contributed by atoms with Crippen LogP contribution in [0.3, 0.4) is 0 Å². The number of aryl methyl sites for hydroxylation is 2. The van der Waals surface area contributed by atoms with Crippen LogP contribution in [-0.4, -0.2) is 17.8 Å². The molecule has 0 fully saturated rings. The molecule has 0 aromatic heterocycles. The third-order valence-electron chi connectivity index (χ3n) is 5.39. The summed E-state index contributed by atoms with van der Waals surface area (Å²) in [6.45, 7) is 11.2. The maximum absolute atomic E-state index is 11.2. The first-order valence-corrected chi connectivity index (χ1v) is 9.59. The number of hydrogen-bond donors (Lipinski definition) is 2. The summed E-state index contributed by atoms with van der Waals surface area (Å²) >= 11 is 0. The number of benzene rings is 2. The largest absolute Gasteiger partial charge is 0.493 e. The van der Waals surface area contributed by atoms with E-state index in [9.17, 15) is 9.90 Å². The van der Waals surface area contributed by atoms with E-state index in [0.717, 1.165) is 47.5 Å². The zero-order valence-corrected chi connectivity index (χ0v) is 16.8. The van der Waals surface area contributed by atoms with Crippen LogP contribution in [0.25, 0.3) is 11.1 Å². The average Bonchev–Trinajstić information content (AvgIpc) is 2.83. The minimum atomic E-state index is -0.973. The number of nitrogens with one attached hydrogen (secondary N) is 1. The van der Waals surface area contributed by atoms with Gasteiger partial charge in [-0.05, 0) is 77.6 Å². The Labute approximate surface area is 161 Å². The van der Waals surface area contributed by atoms with Crippen LogP contribution in [0.2, 0.25) is 0 Å². The van der Waals surface area contributed by atoms with Gasteiger partial charge in [0, 0.05) is 0 Å². The van der Waals surface area contributed by atoms with Gasteiger partial charge in [-0.3, -0.25) is 0 Å². The van der Waals surface area contributed by atoms with Crippen molar-refractivity contribution in [3.8, 4) is 16.9 Å². The number of rotatable bonds is 5. The van der Waals surface area contributed by atoms with Gasteiger partial charge >= 0.3 is 6.09 Å². The summed E-state index contributed by atoms with van der Waals surface area (Å²) in [5.74, 6) is 0.980. The third-order valence-corrected chi connectivity index (χ3v) is 5.39. The highest BCUT2D eigenvalue weighted by molar-refractivity contribution is 5.70. The minimum absolute atomic E-state index is 0.136. The van der Waals surface area contributed by atoms with Gasteiger partial charge in [0.15, 0.2) is 0 Å². The molecule has 0 unspecified atom stereocenters. The summed E-state index contributed by atoms with van der Waals surface area (Å²) in [5, 5.41) is 11.9. The Morgan fingerprint density at radius 1 is 1.19 bits per heavy atom. The number of fused-ring (bicyclic) bond motifs is 1. The van der Waals surface area contributed by atoms with Gasteiger partial charge in [0.05, 0.1) is 12.6 Å². The monoisotopic (exact) mass is 367 g/mol. The molecule has 1 aliphatic carbocycles. The predicted molar refractivity (Wildman–Crippen MR) is 109 cm³/mol. The van der Waals surface area contributed by atoms with E-state index in [1.165, 1.54) is 11.1 Å². The standard InChI is InChI=1S/C23H29NO3/c1-6-9-27-20-14(2)10-17(11-15(20)3)16-7-8-19-18(12-16)13-23(4,5)21(19)24-22(25)26/h7-8,10-12,21,24H,6,9,13H2,1-5H3,(H,25,26)/t21-/m0/s1. The molecule has 1 aliphatic rings. The molecule has 1 amide bonds. The van der Waals surface area contributed by atoms with Crippen LogP contribution in [0.5, 0.6) is 5.75 Å². The third kappa shape index (κ3) is 3.80. The normalized spacial score (nSPS) is 17.4. The lowest BCUT2D eigenvalue weighted by Crippen LogP contribution is -2.34. The first-order valence-electron chi connectivity index (χ1n) is 9.59. The van der Waals surface area contributed by atoms with Crippen molar-refractivity contribution in [2.75, 3.05) is 6.61 Å². The van der Waals surface area contributed by atoms with Gasteiger partial charge in [0.1, 0.15) is 5.75 Å². The molecule has 0 saturated heterocycles. The molecular weight excluding hydrogens is 338 g/mol. The molecule has 0 aliphatic heterocycles. The van der Waals surface area contributed by atoms with E-state index in [4.69, 9.17) is 4.74 Å². The van der Waals surface area contributed by atoms with Gasteiger partial charge in [-0.1, -0.05) is 39.0 Å². The Morgan fingerprint density at radius 3 is 2.44 bits per heavy atom. The van der Waals surface area contributed by atoms with Crippen LogP contribution in [0, 0.1) is 19.3 Å². The molecule has 2 N–H and O–H groups in total. The van der Waals surface area contributed by atoms with Crippen LogP contribution >= 0.6 is 0 Å². The molecule has 4 heteroatoms. The second kappa shape index (κ2) is 7.26. The van der Waals surface area contributed by atoms with Gasteiger partial charge in [-0.15, -0.1) is 0 Å². The van der Waals surface area contributed by atoms with Gasteiger partial charge in [-0.25, -0.2) is 4.79 Å². The lowest BCUT2D eigenvalue weighted by Gasteiger charge is -2.27. The Hall–Kier alpha value is -2.49. The fourth-order valence-electron chi connectivity index (χ4n) is 4.18. The van der Waals surface area contributed by atoms with Crippen molar-refractivity contribution in [2.45, 2.75) is 53.5 Å². The molecule has 2 aromatic rings. The number of amides is 1. The average molecular weight is 367 g/mol. The highest BCUT2D eigenvalue weighted by Crippen LogP contribution is 2.46. The quantitative estimate of drug-likeness (QED) is 0.718. The summed E-state index contributed by atoms with van der Waals surface area (Å²) in [6, 6.07) is 10.6. The summed E-state index contributed by atoms with van der Waals surface area (Å²) in [5.41, 5.74) is 6.79. The highest BCUT2D eigenvalue weighted by atomic mass is 16.5. The van der Waals surface area contributed by atoms with Crippen molar-refractivity contribution < 1.29 is 14.6 Å². The summed E-state index contributed by atoms with van der Waals surface area (Å²) < 4.78 is 5.90. The van der Waals surface area contributed by atoms with E-state index < -0.39 is 6.09 Å². The van der Waals surface area contributed by atoms with E-state index in [2.05, 4.69) is 70.3 Å². The lowest BCUT2D eigenvalue weighted by molar-refractivity contribution is 0.175. The minimum Gasteiger partial charge on any atom is -0.493 e.